The van der Waals surface area contributed by atoms with Crippen molar-refractivity contribution in [2.75, 3.05) is 0 Å². The van der Waals surface area contributed by atoms with E-state index >= 15 is 0 Å². The van der Waals surface area contributed by atoms with E-state index in [-0.39, 0.29) is 18.0 Å². The number of aliphatic carboxylic acids is 1. The van der Waals surface area contributed by atoms with Crippen molar-refractivity contribution in [1.82, 2.24) is 0 Å². The fourth-order valence-electron chi connectivity index (χ4n) is 0.811. The van der Waals surface area contributed by atoms with Crippen LogP contribution in [0, 0.1) is 0 Å². The third-order valence-corrected chi connectivity index (χ3v) is 1.33. The second-order valence-electron chi connectivity index (χ2n) is 2.39. The molecule has 1 rings (SSSR count). The Morgan fingerprint density at radius 1 is 1.50 bits per heavy atom. The van der Waals surface area contributed by atoms with Crippen molar-refractivity contribution in [3.8, 4) is 0 Å². The van der Waals surface area contributed by atoms with Gasteiger partial charge in [-0.3, -0.25) is 9.59 Å². The lowest BCUT2D eigenvalue weighted by molar-refractivity contribution is -0.136. The van der Waals surface area contributed by atoms with Crippen molar-refractivity contribution in [2.45, 2.75) is 13.3 Å². The van der Waals surface area contributed by atoms with Crippen LogP contribution in [0.3, 0.4) is 0 Å². The highest BCUT2D eigenvalue weighted by Crippen LogP contribution is 2.08. The highest BCUT2D eigenvalue weighted by Gasteiger charge is 2.08. The maximum atomic E-state index is 10.7. The predicted octanol–water partition coefficient (Wildman–Crippen LogP) is 1.11. The summed E-state index contributed by atoms with van der Waals surface area (Å²) in [5, 5.41) is 8.37. The first-order chi connectivity index (χ1) is 5.59. The van der Waals surface area contributed by atoms with Gasteiger partial charge >= 0.3 is 5.97 Å². The number of Topliss-reactive ketones (excluding diaryl/α,β-unsaturated/α-hetero) is 1. The molecule has 1 N–H and O–H groups in total. The van der Waals surface area contributed by atoms with E-state index in [4.69, 9.17) is 9.52 Å². The van der Waals surface area contributed by atoms with Gasteiger partial charge in [0.2, 0.25) is 0 Å². The molecule has 0 unspecified atom stereocenters. The molecule has 1 aromatic heterocycles. The molecule has 0 atom stereocenters. The quantitative estimate of drug-likeness (QED) is 0.686. The summed E-state index contributed by atoms with van der Waals surface area (Å²) in [5.74, 6) is -0.676. The zero-order valence-corrected chi connectivity index (χ0v) is 6.53. The predicted molar refractivity (Wildman–Crippen MR) is 40.1 cm³/mol. The lowest BCUT2D eigenvalue weighted by Gasteiger charge is -1.89. The Morgan fingerprint density at radius 3 is 2.58 bits per heavy atom. The average Bonchev–Trinajstić information content (AvgIpc) is 2.34. The van der Waals surface area contributed by atoms with Gasteiger partial charge < -0.3 is 9.52 Å². The molecule has 0 saturated carbocycles. The Kier molecular flexibility index (Phi) is 2.28. The number of hydrogen-bond acceptors (Lipinski definition) is 3. The summed E-state index contributed by atoms with van der Waals surface area (Å²) in [6.45, 7) is 1.36. The van der Waals surface area contributed by atoms with Crippen molar-refractivity contribution in [3.63, 3.8) is 0 Å². The minimum Gasteiger partial charge on any atom is -0.481 e. The molecule has 0 radical (unpaired) electrons. The summed E-state index contributed by atoms with van der Waals surface area (Å²) >= 11 is 0. The Hall–Kier alpha value is -1.58. The zero-order chi connectivity index (χ0) is 9.14. The van der Waals surface area contributed by atoms with Crippen LogP contribution in [0.1, 0.15) is 23.2 Å². The number of furan rings is 1. The van der Waals surface area contributed by atoms with Crippen LogP contribution in [0.15, 0.2) is 16.5 Å². The number of carboxylic acid groups (broad SMARTS) is 1. The first-order valence-electron chi connectivity index (χ1n) is 3.41. The van der Waals surface area contributed by atoms with Crippen LogP contribution in [-0.2, 0) is 11.2 Å². The minimum atomic E-state index is -0.973. The molecule has 0 fully saturated rings. The molecule has 0 aliphatic rings. The SMILES string of the molecule is CC(=O)c1ccc(CC(=O)O)o1. The van der Waals surface area contributed by atoms with Gasteiger partial charge in [-0.15, -0.1) is 0 Å². The van der Waals surface area contributed by atoms with Crippen LogP contribution >= 0.6 is 0 Å². The van der Waals surface area contributed by atoms with Crippen LogP contribution in [0.5, 0.6) is 0 Å². The smallest absolute Gasteiger partial charge is 0.311 e. The first-order valence-corrected chi connectivity index (χ1v) is 3.41. The molecule has 12 heavy (non-hydrogen) atoms. The Morgan fingerprint density at radius 2 is 2.17 bits per heavy atom. The van der Waals surface area contributed by atoms with Crippen LogP contribution in [0.4, 0.5) is 0 Å². The van der Waals surface area contributed by atoms with Gasteiger partial charge in [0, 0.05) is 6.92 Å². The highest BCUT2D eigenvalue weighted by atomic mass is 16.4. The lowest BCUT2D eigenvalue weighted by atomic mass is 10.3. The van der Waals surface area contributed by atoms with E-state index in [1.165, 1.54) is 19.1 Å². The van der Waals surface area contributed by atoms with Gasteiger partial charge in [-0.1, -0.05) is 0 Å². The number of ketones is 1. The molecule has 0 bridgehead atoms. The molecule has 4 nitrogen and oxygen atoms in total. The maximum absolute atomic E-state index is 10.7. The van der Waals surface area contributed by atoms with E-state index in [1.807, 2.05) is 0 Å². The molecular weight excluding hydrogens is 160 g/mol. The van der Waals surface area contributed by atoms with E-state index in [2.05, 4.69) is 0 Å². The van der Waals surface area contributed by atoms with Gasteiger partial charge in [0.05, 0.1) is 0 Å². The molecule has 0 amide bonds. The minimum absolute atomic E-state index is 0.187. The van der Waals surface area contributed by atoms with Crippen LogP contribution < -0.4 is 0 Å². The summed E-state index contributed by atoms with van der Waals surface area (Å²) in [4.78, 5) is 20.9. The first kappa shape index (κ1) is 8.52. The number of rotatable bonds is 3. The third kappa shape index (κ3) is 1.95. The Labute approximate surface area is 68.8 Å². The molecule has 0 aliphatic heterocycles. The van der Waals surface area contributed by atoms with Crippen molar-refractivity contribution in [3.05, 3.63) is 23.7 Å². The summed E-state index contributed by atoms with van der Waals surface area (Å²) in [5.41, 5.74) is 0. The summed E-state index contributed by atoms with van der Waals surface area (Å²) in [6, 6.07) is 2.96. The molecule has 0 spiro atoms. The Bertz CT molecular complexity index is 311. The zero-order valence-electron chi connectivity index (χ0n) is 6.53. The van der Waals surface area contributed by atoms with E-state index in [1.54, 1.807) is 0 Å². The van der Waals surface area contributed by atoms with Crippen molar-refractivity contribution < 1.29 is 19.1 Å². The normalized spacial score (nSPS) is 9.75. The van der Waals surface area contributed by atoms with E-state index in [0.717, 1.165) is 0 Å². The highest BCUT2D eigenvalue weighted by molar-refractivity contribution is 5.91. The van der Waals surface area contributed by atoms with E-state index in [9.17, 15) is 9.59 Å². The summed E-state index contributed by atoms with van der Waals surface area (Å²) in [6.07, 6.45) is -0.187. The van der Waals surface area contributed by atoms with Gasteiger partial charge in [0.15, 0.2) is 11.5 Å². The molecule has 0 saturated heterocycles. The lowest BCUT2D eigenvalue weighted by Crippen LogP contribution is -1.98. The molecular formula is C8H8O4. The number of carboxylic acids is 1. The number of carbonyl (C=O) groups is 2. The van der Waals surface area contributed by atoms with Crippen molar-refractivity contribution >= 4 is 11.8 Å². The topological polar surface area (TPSA) is 67.5 Å². The maximum Gasteiger partial charge on any atom is 0.311 e. The number of hydrogen-bond donors (Lipinski definition) is 1. The monoisotopic (exact) mass is 168 g/mol. The summed E-state index contributed by atoms with van der Waals surface area (Å²) < 4.78 is 4.93. The average molecular weight is 168 g/mol. The molecule has 64 valence electrons. The largest absolute Gasteiger partial charge is 0.481 e. The summed E-state index contributed by atoms with van der Waals surface area (Å²) in [7, 11) is 0. The molecule has 0 aliphatic carbocycles. The fourth-order valence-corrected chi connectivity index (χ4v) is 0.811. The second-order valence-corrected chi connectivity index (χ2v) is 2.39. The number of carbonyl (C=O) groups excluding carboxylic acids is 1. The van der Waals surface area contributed by atoms with E-state index in [0.29, 0.717) is 5.76 Å². The van der Waals surface area contributed by atoms with Crippen LogP contribution in [-0.4, -0.2) is 16.9 Å². The van der Waals surface area contributed by atoms with Gasteiger partial charge in [0.1, 0.15) is 12.2 Å². The Balaban J connectivity index is 2.77. The van der Waals surface area contributed by atoms with Crippen LogP contribution in [0.2, 0.25) is 0 Å². The molecule has 0 aromatic carbocycles. The molecule has 1 heterocycles. The second kappa shape index (κ2) is 3.21. The van der Waals surface area contributed by atoms with Crippen molar-refractivity contribution in [1.29, 1.82) is 0 Å². The van der Waals surface area contributed by atoms with Gasteiger partial charge in [0.25, 0.3) is 0 Å². The van der Waals surface area contributed by atoms with Gasteiger partial charge in [-0.05, 0) is 12.1 Å². The van der Waals surface area contributed by atoms with E-state index < -0.39 is 5.97 Å². The van der Waals surface area contributed by atoms with Gasteiger partial charge in [-0.2, -0.15) is 0 Å². The van der Waals surface area contributed by atoms with Crippen molar-refractivity contribution in [2.24, 2.45) is 0 Å². The molecule has 4 heteroatoms. The fraction of sp³-hybridized carbons (Fsp3) is 0.250. The third-order valence-electron chi connectivity index (χ3n) is 1.33. The van der Waals surface area contributed by atoms with Crippen LogP contribution in [0.25, 0.3) is 0 Å². The molecule has 1 aromatic rings. The van der Waals surface area contributed by atoms with Gasteiger partial charge in [-0.25, -0.2) is 0 Å². The standard InChI is InChI=1S/C8H8O4/c1-5(9)7-3-2-6(12-7)4-8(10)11/h2-3H,4H2,1H3,(H,10,11).